The van der Waals surface area contributed by atoms with Gasteiger partial charge in [0.15, 0.2) is 5.58 Å². The van der Waals surface area contributed by atoms with E-state index in [2.05, 4.69) is 14.9 Å². The predicted octanol–water partition coefficient (Wildman–Crippen LogP) is 3.75. The monoisotopic (exact) mass is 384 g/mol. The second kappa shape index (κ2) is 7.56. The summed E-state index contributed by atoms with van der Waals surface area (Å²) >= 11 is 6.03. The van der Waals surface area contributed by atoms with Crippen LogP contribution in [0, 0.1) is 5.92 Å². The molecule has 7 heteroatoms. The van der Waals surface area contributed by atoms with Gasteiger partial charge in [0.1, 0.15) is 5.52 Å². The third-order valence-corrected chi connectivity index (χ3v) is 5.12. The van der Waals surface area contributed by atoms with E-state index >= 15 is 0 Å². The molecule has 0 radical (unpaired) electrons. The number of aromatic nitrogens is 2. The number of benzene rings is 1. The minimum absolute atomic E-state index is 0.0777. The van der Waals surface area contributed by atoms with Gasteiger partial charge in [0.05, 0.1) is 18.2 Å². The van der Waals surface area contributed by atoms with Crippen LogP contribution >= 0.6 is 11.6 Å². The van der Waals surface area contributed by atoms with Gasteiger partial charge in [0.25, 0.3) is 6.01 Å². The highest BCUT2D eigenvalue weighted by molar-refractivity contribution is 6.31. The summed E-state index contributed by atoms with van der Waals surface area (Å²) < 4.78 is 5.87. The number of carbonyl (C=O) groups is 1. The average molecular weight is 385 g/mol. The van der Waals surface area contributed by atoms with Crippen molar-refractivity contribution in [1.29, 1.82) is 0 Å². The summed E-state index contributed by atoms with van der Waals surface area (Å²) in [5.74, 6) is 0.0515. The Balaban J connectivity index is 1.45. The quantitative estimate of drug-likeness (QED) is 0.685. The van der Waals surface area contributed by atoms with Gasteiger partial charge in [-0.1, -0.05) is 17.7 Å². The van der Waals surface area contributed by atoms with Crippen molar-refractivity contribution in [3.63, 3.8) is 0 Å². The van der Waals surface area contributed by atoms with Crippen molar-refractivity contribution in [2.75, 3.05) is 25.0 Å². The first kappa shape index (κ1) is 17.8. The first-order valence-electron chi connectivity index (χ1n) is 9.06. The number of hydrogen-bond acceptors (Lipinski definition) is 5. The van der Waals surface area contributed by atoms with E-state index in [1.807, 2.05) is 31.3 Å². The van der Waals surface area contributed by atoms with Gasteiger partial charge < -0.3 is 14.2 Å². The molecule has 3 aromatic rings. The van der Waals surface area contributed by atoms with Crippen LogP contribution in [0.15, 0.2) is 47.0 Å². The summed E-state index contributed by atoms with van der Waals surface area (Å²) in [6.07, 6.45) is 3.54. The topological polar surface area (TPSA) is 62.5 Å². The molecule has 1 unspecified atom stereocenters. The maximum absolute atomic E-state index is 12.9. The Hall–Kier alpha value is -2.60. The second-order valence-electron chi connectivity index (χ2n) is 6.91. The molecule has 4 rings (SSSR count). The van der Waals surface area contributed by atoms with Crippen LogP contribution in [0.4, 0.5) is 6.01 Å². The molecule has 0 spiro atoms. The normalized spacial score (nSPS) is 17.3. The van der Waals surface area contributed by atoms with Crippen LogP contribution < -0.4 is 4.90 Å². The zero-order valence-electron chi connectivity index (χ0n) is 15.1. The van der Waals surface area contributed by atoms with Crippen molar-refractivity contribution in [1.82, 2.24) is 14.9 Å². The van der Waals surface area contributed by atoms with E-state index in [9.17, 15) is 4.79 Å². The molecule has 1 aromatic carbocycles. The van der Waals surface area contributed by atoms with Crippen molar-refractivity contribution >= 4 is 34.6 Å². The van der Waals surface area contributed by atoms with Crippen LogP contribution in [0.1, 0.15) is 18.5 Å². The highest BCUT2D eigenvalue weighted by Crippen LogP contribution is 2.28. The number of hydrogen-bond donors (Lipinski definition) is 0. The largest absolute Gasteiger partial charge is 0.423 e. The third-order valence-electron chi connectivity index (χ3n) is 4.88. The van der Waals surface area contributed by atoms with E-state index in [0.717, 1.165) is 30.6 Å². The van der Waals surface area contributed by atoms with Crippen LogP contribution in [0.3, 0.4) is 0 Å². The highest BCUT2D eigenvalue weighted by Gasteiger charge is 2.30. The molecule has 2 aromatic heterocycles. The average Bonchev–Trinajstić information content (AvgIpc) is 3.11. The van der Waals surface area contributed by atoms with Crippen molar-refractivity contribution in [2.24, 2.45) is 5.92 Å². The smallest absolute Gasteiger partial charge is 0.298 e. The maximum atomic E-state index is 12.9. The molecule has 0 N–H and O–H groups in total. The number of amides is 1. The lowest BCUT2D eigenvalue weighted by atomic mass is 9.97. The van der Waals surface area contributed by atoms with E-state index in [1.54, 1.807) is 23.2 Å². The molecule has 6 nitrogen and oxygen atoms in total. The summed E-state index contributed by atoms with van der Waals surface area (Å²) in [5.41, 5.74) is 2.32. The number of pyridine rings is 1. The highest BCUT2D eigenvalue weighted by atomic mass is 35.5. The number of piperidine rings is 1. The van der Waals surface area contributed by atoms with Gasteiger partial charge in [0.2, 0.25) is 5.91 Å². The Bertz CT molecular complexity index is 944. The molecular formula is C20H21ClN4O2. The predicted molar refractivity (Wildman–Crippen MR) is 105 cm³/mol. The molecule has 1 aliphatic rings. The molecule has 1 saturated heterocycles. The van der Waals surface area contributed by atoms with Crippen molar-refractivity contribution < 1.29 is 9.21 Å². The summed E-state index contributed by atoms with van der Waals surface area (Å²) in [7, 11) is 1.83. The van der Waals surface area contributed by atoms with Gasteiger partial charge >= 0.3 is 0 Å². The number of carbonyl (C=O) groups excluding carboxylic acids is 1. The second-order valence-corrected chi connectivity index (χ2v) is 7.35. The molecule has 1 atom stereocenters. The van der Waals surface area contributed by atoms with Gasteiger partial charge in [-0.05, 0) is 43.2 Å². The fourth-order valence-corrected chi connectivity index (χ4v) is 3.67. The standard InChI is InChI=1S/C20H21ClN4O2/c1-24(13-16-6-2-3-9-22-16)19(26)14-5-4-10-25(12-14)20-23-17-11-15(21)7-8-18(17)27-20/h2-3,6-9,11,14H,4-5,10,12-13H2,1H3. The van der Waals surface area contributed by atoms with Gasteiger partial charge in [-0.2, -0.15) is 4.98 Å². The Kier molecular flexibility index (Phi) is 4.99. The maximum Gasteiger partial charge on any atom is 0.298 e. The van der Waals surface area contributed by atoms with Crippen molar-refractivity contribution in [3.8, 4) is 0 Å². The number of halogens is 1. The molecule has 1 amide bonds. The summed E-state index contributed by atoms with van der Waals surface area (Å²) in [6, 6.07) is 11.7. The molecule has 140 valence electrons. The zero-order chi connectivity index (χ0) is 18.8. The molecule has 0 aliphatic carbocycles. The van der Waals surface area contributed by atoms with E-state index in [0.29, 0.717) is 29.7 Å². The van der Waals surface area contributed by atoms with Crippen molar-refractivity contribution in [2.45, 2.75) is 19.4 Å². The lowest BCUT2D eigenvalue weighted by Crippen LogP contribution is -2.43. The third kappa shape index (κ3) is 3.90. The van der Waals surface area contributed by atoms with Gasteiger partial charge in [-0.3, -0.25) is 9.78 Å². The first-order valence-corrected chi connectivity index (χ1v) is 9.44. The molecular weight excluding hydrogens is 364 g/mol. The molecule has 0 bridgehead atoms. The zero-order valence-corrected chi connectivity index (χ0v) is 15.9. The number of nitrogens with zero attached hydrogens (tertiary/aromatic N) is 4. The first-order chi connectivity index (χ1) is 13.1. The van der Waals surface area contributed by atoms with Crippen LogP contribution in [0.25, 0.3) is 11.1 Å². The Morgan fingerprint density at radius 2 is 2.26 bits per heavy atom. The number of rotatable bonds is 4. The number of oxazole rings is 1. The molecule has 1 aliphatic heterocycles. The summed E-state index contributed by atoms with van der Waals surface area (Å²) in [5, 5.41) is 0.630. The van der Waals surface area contributed by atoms with Crippen LogP contribution in [0.2, 0.25) is 5.02 Å². The number of anilines is 1. The fraction of sp³-hybridized carbons (Fsp3) is 0.350. The fourth-order valence-electron chi connectivity index (χ4n) is 3.50. The van der Waals surface area contributed by atoms with Crippen molar-refractivity contribution in [3.05, 3.63) is 53.3 Å². The van der Waals surface area contributed by atoms with Crippen LogP contribution in [-0.4, -0.2) is 40.9 Å². The Labute approximate surface area is 162 Å². The van der Waals surface area contributed by atoms with Gasteiger partial charge in [-0.25, -0.2) is 0 Å². The molecule has 27 heavy (non-hydrogen) atoms. The minimum atomic E-state index is -0.0777. The minimum Gasteiger partial charge on any atom is -0.423 e. The van der Waals surface area contributed by atoms with E-state index < -0.39 is 0 Å². The van der Waals surface area contributed by atoms with E-state index in [4.69, 9.17) is 16.0 Å². The Morgan fingerprint density at radius 1 is 1.37 bits per heavy atom. The van der Waals surface area contributed by atoms with Crippen LogP contribution in [0.5, 0.6) is 0 Å². The van der Waals surface area contributed by atoms with Crippen LogP contribution in [-0.2, 0) is 11.3 Å². The molecule has 0 saturated carbocycles. The molecule has 1 fully saturated rings. The number of fused-ring (bicyclic) bond motifs is 1. The lowest BCUT2D eigenvalue weighted by molar-refractivity contribution is -0.135. The van der Waals surface area contributed by atoms with Gasteiger partial charge in [0, 0.05) is 31.4 Å². The summed E-state index contributed by atoms with van der Waals surface area (Å²) in [4.78, 5) is 25.5. The Morgan fingerprint density at radius 3 is 3.07 bits per heavy atom. The van der Waals surface area contributed by atoms with E-state index in [1.165, 1.54) is 0 Å². The SMILES string of the molecule is CN(Cc1ccccn1)C(=O)C1CCCN(c2nc3cc(Cl)ccc3o2)C1. The summed E-state index contributed by atoms with van der Waals surface area (Å²) in [6.45, 7) is 1.94. The van der Waals surface area contributed by atoms with E-state index in [-0.39, 0.29) is 11.8 Å². The molecule has 3 heterocycles. The lowest BCUT2D eigenvalue weighted by Gasteiger charge is -2.33. The van der Waals surface area contributed by atoms with Gasteiger partial charge in [-0.15, -0.1) is 0 Å².